The second kappa shape index (κ2) is 6.16. The lowest BCUT2D eigenvalue weighted by Gasteiger charge is -2.43. The molecule has 4 nitrogen and oxygen atoms in total. The Morgan fingerprint density at radius 2 is 1.95 bits per heavy atom. The van der Waals surface area contributed by atoms with Crippen molar-refractivity contribution in [2.75, 3.05) is 20.8 Å². The Bertz CT molecular complexity index is 431. The van der Waals surface area contributed by atoms with Crippen molar-refractivity contribution in [1.82, 2.24) is 5.32 Å². The third-order valence-corrected chi connectivity index (χ3v) is 3.83. The van der Waals surface area contributed by atoms with Gasteiger partial charge < -0.3 is 14.8 Å². The first-order valence-corrected chi connectivity index (χ1v) is 6.50. The van der Waals surface area contributed by atoms with E-state index in [4.69, 9.17) is 9.47 Å². The largest absolute Gasteiger partial charge is 0.355 e. The van der Waals surface area contributed by atoms with Crippen LogP contribution in [0.1, 0.15) is 18.4 Å². The van der Waals surface area contributed by atoms with Crippen molar-refractivity contribution in [1.29, 1.82) is 5.26 Å². The molecule has 1 aromatic rings. The Balaban J connectivity index is 1.88. The summed E-state index contributed by atoms with van der Waals surface area (Å²) in [5, 5.41) is 12.8. The molecule has 1 aliphatic rings. The predicted octanol–water partition coefficient (Wildman–Crippen LogP) is 1.82. The highest BCUT2D eigenvalue weighted by Gasteiger charge is 2.45. The maximum atomic E-state index is 9.45. The molecule has 1 N–H and O–H groups in total. The van der Waals surface area contributed by atoms with Crippen LogP contribution in [0.3, 0.4) is 0 Å². The van der Waals surface area contributed by atoms with Gasteiger partial charge in [-0.1, -0.05) is 30.3 Å². The van der Waals surface area contributed by atoms with E-state index in [1.54, 1.807) is 14.2 Å². The Morgan fingerprint density at radius 1 is 1.32 bits per heavy atom. The van der Waals surface area contributed by atoms with Gasteiger partial charge in [0, 0.05) is 26.8 Å². The zero-order valence-corrected chi connectivity index (χ0v) is 11.4. The summed E-state index contributed by atoms with van der Waals surface area (Å²) < 4.78 is 10.3. The van der Waals surface area contributed by atoms with Gasteiger partial charge in [-0.3, -0.25) is 0 Å². The summed E-state index contributed by atoms with van der Waals surface area (Å²) in [5.74, 6) is 0. The van der Waals surface area contributed by atoms with Gasteiger partial charge in [-0.25, -0.2) is 0 Å². The number of rotatable bonds is 6. The van der Waals surface area contributed by atoms with Gasteiger partial charge in [0.1, 0.15) is 0 Å². The van der Waals surface area contributed by atoms with E-state index in [9.17, 15) is 5.26 Å². The molecule has 4 heteroatoms. The van der Waals surface area contributed by atoms with Crippen LogP contribution in [0.5, 0.6) is 0 Å². The lowest BCUT2D eigenvalue weighted by Crippen LogP contribution is -2.52. The second-order valence-electron chi connectivity index (χ2n) is 4.97. The standard InChI is InChI=1S/C15H20N2O2/c1-18-14(19-2)10-17-13-8-15(9-13,11-16)12-6-4-3-5-7-12/h3-7,13-14,17H,8-10H2,1-2H3. The Labute approximate surface area is 114 Å². The molecule has 0 saturated heterocycles. The minimum absolute atomic E-state index is 0.228. The molecule has 0 aliphatic heterocycles. The highest BCUT2D eigenvalue weighted by molar-refractivity contribution is 5.36. The number of methoxy groups -OCH3 is 2. The third-order valence-electron chi connectivity index (χ3n) is 3.83. The van der Waals surface area contributed by atoms with Crippen molar-refractivity contribution in [2.45, 2.75) is 30.6 Å². The molecule has 0 heterocycles. The average molecular weight is 260 g/mol. The van der Waals surface area contributed by atoms with E-state index in [1.165, 1.54) is 0 Å². The molecule has 1 fully saturated rings. The number of ether oxygens (including phenoxy) is 2. The van der Waals surface area contributed by atoms with Crippen molar-refractivity contribution in [3.05, 3.63) is 35.9 Å². The first-order chi connectivity index (χ1) is 9.24. The lowest BCUT2D eigenvalue weighted by molar-refractivity contribution is -0.101. The van der Waals surface area contributed by atoms with Gasteiger partial charge in [-0.2, -0.15) is 5.26 Å². The van der Waals surface area contributed by atoms with Gasteiger partial charge in [-0.05, 0) is 18.4 Å². The Hall–Kier alpha value is -1.41. The fourth-order valence-corrected chi connectivity index (χ4v) is 2.60. The summed E-state index contributed by atoms with van der Waals surface area (Å²) in [4.78, 5) is 0. The predicted molar refractivity (Wildman–Crippen MR) is 72.6 cm³/mol. The van der Waals surface area contributed by atoms with E-state index in [2.05, 4.69) is 11.4 Å². The van der Waals surface area contributed by atoms with Gasteiger partial charge >= 0.3 is 0 Å². The number of hydrogen-bond acceptors (Lipinski definition) is 4. The van der Waals surface area contributed by atoms with Gasteiger partial charge in [0.2, 0.25) is 0 Å². The van der Waals surface area contributed by atoms with E-state index in [0.717, 1.165) is 18.4 Å². The van der Waals surface area contributed by atoms with Crippen LogP contribution >= 0.6 is 0 Å². The maximum Gasteiger partial charge on any atom is 0.169 e. The quantitative estimate of drug-likeness (QED) is 0.793. The normalized spacial score (nSPS) is 25.9. The number of nitrogens with one attached hydrogen (secondary N) is 1. The minimum Gasteiger partial charge on any atom is -0.355 e. The SMILES string of the molecule is COC(CNC1CC(C#N)(c2ccccc2)C1)OC. The fourth-order valence-electron chi connectivity index (χ4n) is 2.60. The van der Waals surface area contributed by atoms with Crippen molar-refractivity contribution in [3.8, 4) is 6.07 Å². The number of benzene rings is 1. The molecule has 1 aliphatic carbocycles. The zero-order chi connectivity index (χ0) is 13.7. The molecule has 2 rings (SSSR count). The molecule has 1 saturated carbocycles. The first kappa shape index (κ1) is 14.0. The van der Waals surface area contributed by atoms with Gasteiger partial charge in [0.15, 0.2) is 6.29 Å². The summed E-state index contributed by atoms with van der Waals surface area (Å²) in [7, 11) is 3.25. The molecule has 19 heavy (non-hydrogen) atoms. The van der Waals surface area contributed by atoms with Crippen LogP contribution in [-0.4, -0.2) is 33.1 Å². The number of hydrogen-bond donors (Lipinski definition) is 1. The van der Waals surface area contributed by atoms with E-state index in [0.29, 0.717) is 12.6 Å². The van der Waals surface area contributed by atoms with E-state index in [-0.39, 0.29) is 11.7 Å². The van der Waals surface area contributed by atoms with E-state index >= 15 is 0 Å². The zero-order valence-electron chi connectivity index (χ0n) is 11.4. The van der Waals surface area contributed by atoms with Gasteiger partial charge in [0.25, 0.3) is 0 Å². The third kappa shape index (κ3) is 2.95. The molecular weight excluding hydrogens is 240 g/mol. The maximum absolute atomic E-state index is 9.45. The van der Waals surface area contributed by atoms with Crippen molar-refractivity contribution >= 4 is 0 Å². The highest BCUT2D eigenvalue weighted by atomic mass is 16.7. The second-order valence-corrected chi connectivity index (χ2v) is 4.97. The van der Waals surface area contributed by atoms with Crippen LogP contribution in [0, 0.1) is 11.3 Å². The van der Waals surface area contributed by atoms with E-state index < -0.39 is 0 Å². The first-order valence-electron chi connectivity index (χ1n) is 6.50. The van der Waals surface area contributed by atoms with Crippen molar-refractivity contribution in [3.63, 3.8) is 0 Å². The highest BCUT2D eigenvalue weighted by Crippen LogP contribution is 2.43. The summed E-state index contributed by atoms with van der Waals surface area (Å²) in [6.07, 6.45) is 1.45. The molecule has 0 spiro atoms. The lowest BCUT2D eigenvalue weighted by atomic mass is 9.62. The molecule has 0 unspecified atom stereocenters. The Morgan fingerprint density at radius 3 is 2.47 bits per heavy atom. The molecular formula is C15H20N2O2. The summed E-state index contributed by atoms with van der Waals surface area (Å²) >= 11 is 0. The minimum atomic E-state index is -0.325. The summed E-state index contributed by atoms with van der Waals surface area (Å²) in [5.41, 5.74) is 0.791. The topological polar surface area (TPSA) is 54.3 Å². The molecule has 0 aromatic heterocycles. The van der Waals surface area contributed by atoms with E-state index in [1.807, 2.05) is 30.3 Å². The van der Waals surface area contributed by atoms with Crippen LogP contribution in [0.2, 0.25) is 0 Å². The molecule has 0 bridgehead atoms. The molecule has 0 radical (unpaired) electrons. The monoisotopic (exact) mass is 260 g/mol. The van der Waals surface area contributed by atoms with Crippen LogP contribution in [0.15, 0.2) is 30.3 Å². The molecule has 0 amide bonds. The molecule has 1 aromatic carbocycles. The van der Waals surface area contributed by atoms with Gasteiger partial charge in [-0.15, -0.1) is 0 Å². The van der Waals surface area contributed by atoms with Crippen LogP contribution < -0.4 is 5.32 Å². The van der Waals surface area contributed by atoms with Crippen molar-refractivity contribution in [2.24, 2.45) is 0 Å². The number of nitrogens with zero attached hydrogens (tertiary/aromatic N) is 1. The fraction of sp³-hybridized carbons (Fsp3) is 0.533. The van der Waals surface area contributed by atoms with Crippen LogP contribution in [0.25, 0.3) is 0 Å². The van der Waals surface area contributed by atoms with Crippen LogP contribution in [-0.2, 0) is 14.9 Å². The van der Waals surface area contributed by atoms with Gasteiger partial charge in [0.05, 0.1) is 11.5 Å². The molecule has 102 valence electrons. The molecule has 0 atom stereocenters. The number of nitriles is 1. The van der Waals surface area contributed by atoms with Crippen molar-refractivity contribution < 1.29 is 9.47 Å². The summed E-state index contributed by atoms with van der Waals surface area (Å²) in [6, 6.07) is 12.8. The average Bonchev–Trinajstić information content (AvgIpc) is 2.43. The van der Waals surface area contributed by atoms with Crippen LogP contribution in [0.4, 0.5) is 0 Å². The smallest absolute Gasteiger partial charge is 0.169 e. The summed E-state index contributed by atoms with van der Waals surface area (Å²) in [6.45, 7) is 0.647. The Kier molecular flexibility index (Phi) is 4.54.